The molecular formula is C6H12BrNO3S. The van der Waals surface area contributed by atoms with Crippen molar-refractivity contribution in [1.29, 1.82) is 0 Å². The molecule has 12 heavy (non-hydrogen) atoms. The summed E-state index contributed by atoms with van der Waals surface area (Å²) in [6.07, 6.45) is 0.863. The van der Waals surface area contributed by atoms with Crippen molar-refractivity contribution in [2.45, 2.75) is 12.5 Å². The average Bonchev–Trinajstić information content (AvgIpc) is 2.52. The number of hydrogen-bond acceptors (Lipinski definition) is 3. The summed E-state index contributed by atoms with van der Waals surface area (Å²) in [4.78, 5) is 0. The van der Waals surface area contributed by atoms with Gasteiger partial charge in [0.05, 0.1) is 6.10 Å². The Balaban J connectivity index is 2.58. The predicted molar refractivity (Wildman–Crippen MR) is 49.7 cm³/mol. The molecular weight excluding hydrogens is 246 g/mol. The van der Waals surface area contributed by atoms with Gasteiger partial charge in [0, 0.05) is 20.2 Å². The molecule has 0 N–H and O–H groups in total. The topological polar surface area (TPSA) is 46.6 Å². The van der Waals surface area contributed by atoms with Crippen LogP contribution in [0.25, 0.3) is 0 Å². The smallest absolute Gasteiger partial charge is 0.224 e. The van der Waals surface area contributed by atoms with Crippen LogP contribution in [-0.2, 0) is 14.8 Å². The van der Waals surface area contributed by atoms with Crippen LogP contribution in [0, 0.1) is 0 Å². The number of methoxy groups -OCH3 is 1. The quantitative estimate of drug-likeness (QED) is 0.688. The van der Waals surface area contributed by atoms with E-state index < -0.39 is 10.0 Å². The van der Waals surface area contributed by atoms with Gasteiger partial charge in [-0.15, -0.1) is 0 Å². The normalized spacial score (nSPS) is 26.3. The monoisotopic (exact) mass is 257 g/mol. The Morgan fingerprint density at radius 3 is 2.75 bits per heavy atom. The van der Waals surface area contributed by atoms with Crippen molar-refractivity contribution >= 4 is 26.0 Å². The Morgan fingerprint density at radius 2 is 2.33 bits per heavy atom. The lowest BCUT2D eigenvalue weighted by Crippen LogP contribution is -2.30. The molecule has 4 nitrogen and oxygen atoms in total. The van der Waals surface area contributed by atoms with Gasteiger partial charge in [-0.1, -0.05) is 15.9 Å². The van der Waals surface area contributed by atoms with E-state index in [4.69, 9.17) is 4.74 Å². The second-order valence-electron chi connectivity index (χ2n) is 2.73. The third-order valence-corrected chi connectivity index (χ3v) is 5.10. The zero-order valence-electron chi connectivity index (χ0n) is 6.86. The van der Waals surface area contributed by atoms with E-state index in [1.165, 1.54) is 4.31 Å². The van der Waals surface area contributed by atoms with Crippen LogP contribution in [0.15, 0.2) is 0 Å². The van der Waals surface area contributed by atoms with Crippen molar-refractivity contribution in [1.82, 2.24) is 4.31 Å². The van der Waals surface area contributed by atoms with E-state index in [9.17, 15) is 8.42 Å². The van der Waals surface area contributed by atoms with Gasteiger partial charge in [0.2, 0.25) is 10.0 Å². The second kappa shape index (κ2) is 4.04. The van der Waals surface area contributed by atoms with Crippen LogP contribution in [0.2, 0.25) is 0 Å². The van der Waals surface area contributed by atoms with Crippen molar-refractivity contribution in [3.05, 3.63) is 0 Å². The maximum atomic E-state index is 11.3. The van der Waals surface area contributed by atoms with Gasteiger partial charge in [-0.25, -0.2) is 8.42 Å². The van der Waals surface area contributed by atoms with Crippen LogP contribution in [-0.4, -0.2) is 43.7 Å². The van der Waals surface area contributed by atoms with Gasteiger partial charge >= 0.3 is 0 Å². The molecule has 1 fully saturated rings. The molecule has 0 bridgehead atoms. The number of alkyl halides is 1. The van der Waals surface area contributed by atoms with E-state index in [-0.39, 0.29) is 10.8 Å². The number of rotatable bonds is 3. The first-order valence-corrected chi connectivity index (χ1v) is 6.40. The molecule has 1 saturated heterocycles. The highest BCUT2D eigenvalue weighted by molar-refractivity contribution is 9.10. The fourth-order valence-corrected chi connectivity index (χ4v) is 3.00. The lowest BCUT2D eigenvalue weighted by atomic mass is 10.3. The van der Waals surface area contributed by atoms with Crippen LogP contribution >= 0.6 is 15.9 Å². The first kappa shape index (κ1) is 10.4. The maximum Gasteiger partial charge on any atom is 0.224 e. The van der Waals surface area contributed by atoms with Crippen molar-refractivity contribution < 1.29 is 13.2 Å². The molecule has 1 aliphatic heterocycles. The van der Waals surface area contributed by atoms with Crippen LogP contribution < -0.4 is 0 Å². The largest absolute Gasteiger partial charge is 0.380 e. The van der Waals surface area contributed by atoms with Gasteiger partial charge in [-0.3, -0.25) is 0 Å². The van der Waals surface area contributed by atoms with Crippen molar-refractivity contribution in [3.8, 4) is 0 Å². The average molecular weight is 258 g/mol. The molecule has 0 saturated carbocycles. The van der Waals surface area contributed by atoms with Crippen molar-refractivity contribution in [2.24, 2.45) is 0 Å². The minimum Gasteiger partial charge on any atom is -0.380 e. The third-order valence-electron chi connectivity index (χ3n) is 1.97. The third kappa shape index (κ3) is 2.18. The molecule has 1 rings (SSSR count). The molecule has 1 atom stereocenters. The van der Waals surface area contributed by atoms with Gasteiger partial charge in [-0.2, -0.15) is 4.31 Å². The molecule has 1 aliphatic rings. The molecule has 0 aliphatic carbocycles. The Morgan fingerprint density at radius 1 is 1.67 bits per heavy atom. The fraction of sp³-hybridized carbons (Fsp3) is 1.00. The molecule has 0 aromatic carbocycles. The van der Waals surface area contributed by atoms with Crippen molar-refractivity contribution in [2.75, 3.05) is 24.9 Å². The van der Waals surface area contributed by atoms with Gasteiger partial charge in [0.25, 0.3) is 0 Å². The van der Waals surface area contributed by atoms with Gasteiger partial charge in [0.15, 0.2) is 0 Å². The molecule has 72 valence electrons. The minimum absolute atomic E-state index is 0.00354. The molecule has 0 radical (unpaired) electrons. The van der Waals surface area contributed by atoms with E-state index in [1.54, 1.807) is 7.11 Å². The minimum atomic E-state index is -3.07. The Kier molecular flexibility index (Phi) is 3.51. The summed E-state index contributed by atoms with van der Waals surface area (Å²) in [6, 6.07) is 0. The zero-order valence-corrected chi connectivity index (χ0v) is 9.27. The van der Waals surface area contributed by atoms with Gasteiger partial charge in [-0.05, 0) is 6.42 Å². The highest BCUT2D eigenvalue weighted by atomic mass is 79.9. The summed E-state index contributed by atoms with van der Waals surface area (Å²) >= 11 is 2.95. The SMILES string of the molecule is CO[C@H]1CCN(S(=O)(=O)CBr)C1. The van der Waals surface area contributed by atoms with E-state index in [1.807, 2.05) is 0 Å². The molecule has 0 aromatic heterocycles. The second-order valence-corrected chi connectivity index (χ2v) is 6.00. The number of nitrogens with zero attached hydrogens (tertiary/aromatic N) is 1. The summed E-state index contributed by atoms with van der Waals surface area (Å²) in [7, 11) is -1.46. The van der Waals surface area contributed by atoms with Gasteiger partial charge < -0.3 is 4.74 Å². The maximum absolute atomic E-state index is 11.3. The van der Waals surface area contributed by atoms with Crippen LogP contribution in [0.4, 0.5) is 0 Å². The Bertz CT molecular complexity index is 241. The first-order chi connectivity index (χ1) is 5.60. The molecule has 0 aromatic rings. The molecule has 1 heterocycles. The van der Waals surface area contributed by atoms with E-state index in [0.29, 0.717) is 13.1 Å². The molecule has 6 heteroatoms. The summed E-state index contributed by atoms with van der Waals surface area (Å²) in [5.74, 6) is 0. The van der Waals surface area contributed by atoms with E-state index in [2.05, 4.69) is 15.9 Å². The fourth-order valence-electron chi connectivity index (χ4n) is 1.21. The number of ether oxygens (including phenoxy) is 1. The standard InChI is InChI=1S/C6H12BrNO3S/c1-11-6-2-3-8(4-6)12(9,10)5-7/h6H,2-5H2,1H3/t6-/m0/s1. The van der Waals surface area contributed by atoms with Crippen LogP contribution in [0.1, 0.15) is 6.42 Å². The summed E-state index contributed by atoms with van der Waals surface area (Å²) in [5, 5.41) is 0. The number of hydrogen-bond donors (Lipinski definition) is 0. The highest BCUT2D eigenvalue weighted by Gasteiger charge is 2.30. The van der Waals surface area contributed by atoms with Gasteiger partial charge in [0.1, 0.15) is 4.66 Å². The van der Waals surface area contributed by atoms with Crippen LogP contribution in [0.5, 0.6) is 0 Å². The lowest BCUT2D eigenvalue weighted by Gasteiger charge is -2.13. The number of sulfonamides is 1. The molecule has 0 amide bonds. The summed E-state index contributed by atoms with van der Waals surface area (Å²) in [5.41, 5.74) is 0. The van der Waals surface area contributed by atoms with E-state index >= 15 is 0 Å². The predicted octanol–water partition coefficient (Wildman–Crippen LogP) is 0.389. The zero-order chi connectivity index (χ0) is 9.19. The van der Waals surface area contributed by atoms with Crippen molar-refractivity contribution in [3.63, 3.8) is 0 Å². The first-order valence-electron chi connectivity index (χ1n) is 3.66. The molecule has 0 unspecified atom stereocenters. The summed E-state index contributed by atoms with van der Waals surface area (Å²) in [6.45, 7) is 1.07. The highest BCUT2D eigenvalue weighted by Crippen LogP contribution is 2.16. The number of halogens is 1. The van der Waals surface area contributed by atoms with E-state index in [0.717, 1.165) is 6.42 Å². The molecule has 0 spiro atoms. The summed E-state index contributed by atoms with van der Waals surface area (Å²) < 4.78 is 29.1. The Hall–Kier alpha value is 0.350. The van der Waals surface area contributed by atoms with Crippen LogP contribution in [0.3, 0.4) is 0 Å². The Labute approximate surface area is 81.1 Å². The lowest BCUT2D eigenvalue weighted by molar-refractivity contribution is 0.115.